The summed E-state index contributed by atoms with van der Waals surface area (Å²) in [4.78, 5) is 4.79. The van der Waals surface area contributed by atoms with E-state index in [-0.39, 0.29) is 0 Å². The Balaban J connectivity index is 1.53. The van der Waals surface area contributed by atoms with E-state index in [0.717, 1.165) is 44.3 Å². The fourth-order valence-electron chi connectivity index (χ4n) is 2.93. The average molecular weight is 409 g/mol. The van der Waals surface area contributed by atoms with Gasteiger partial charge in [-0.3, -0.25) is 4.57 Å². The molecule has 0 radical (unpaired) electrons. The lowest BCUT2D eigenvalue weighted by molar-refractivity contribution is 0.534. The topological polar surface area (TPSA) is 56.7 Å². The van der Waals surface area contributed by atoms with Crippen LogP contribution in [0.5, 0.6) is 0 Å². The van der Waals surface area contributed by atoms with Gasteiger partial charge in [-0.1, -0.05) is 41.6 Å². The summed E-state index contributed by atoms with van der Waals surface area (Å²) in [6.07, 6.45) is 3.53. The molecule has 0 unspecified atom stereocenters. The third kappa shape index (κ3) is 3.81. The van der Waals surface area contributed by atoms with Crippen LogP contribution in [0, 0.1) is 13.8 Å². The molecule has 0 saturated heterocycles. The Morgan fingerprint density at radius 3 is 2.89 bits per heavy atom. The van der Waals surface area contributed by atoms with Crippen LogP contribution in [0.25, 0.3) is 22.0 Å². The molecule has 4 rings (SSSR count). The van der Waals surface area contributed by atoms with Crippen molar-refractivity contribution in [3.05, 3.63) is 71.6 Å². The van der Waals surface area contributed by atoms with E-state index in [1.807, 2.05) is 19.1 Å². The van der Waals surface area contributed by atoms with Crippen LogP contribution in [0.4, 0.5) is 0 Å². The van der Waals surface area contributed by atoms with Gasteiger partial charge in [-0.15, -0.1) is 28.1 Å². The molecular weight excluding hydrogens is 388 g/mol. The van der Waals surface area contributed by atoms with Gasteiger partial charge in [0.2, 0.25) is 0 Å². The zero-order chi connectivity index (χ0) is 19.5. The molecule has 0 aliphatic carbocycles. The highest BCUT2D eigenvalue weighted by molar-refractivity contribution is 7.98. The monoisotopic (exact) mass is 408 g/mol. The van der Waals surface area contributed by atoms with Gasteiger partial charge < -0.3 is 4.42 Å². The molecule has 28 heavy (non-hydrogen) atoms. The largest absolute Gasteiger partial charge is 0.469 e. The van der Waals surface area contributed by atoms with Crippen LogP contribution in [-0.4, -0.2) is 19.7 Å². The zero-order valence-electron chi connectivity index (χ0n) is 15.8. The number of rotatable bonds is 7. The van der Waals surface area contributed by atoms with Crippen molar-refractivity contribution in [3.8, 4) is 22.0 Å². The number of thioether (sulfide) groups is 1. The normalized spacial score (nSPS) is 11.1. The summed E-state index contributed by atoms with van der Waals surface area (Å²) >= 11 is 3.30. The molecule has 0 fully saturated rings. The van der Waals surface area contributed by atoms with Crippen LogP contribution < -0.4 is 0 Å². The van der Waals surface area contributed by atoms with E-state index < -0.39 is 0 Å². The summed E-state index contributed by atoms with van der Waals surface area (Å²) in [5.41, 5.74) is 4.40. The van der Waals surface area contributed by atoms with Gasteiger partial charge in [0.15, 0.2) is 11.0 Å². The zero-order valence-corrected chi connectivity index (χ0v) is 17.4. The molecule has 0 amide bonds. The van der Waals surface area contributed by atoms with Crippen LogP contribution in [0.15, 0.2) is 64.2 Å². The van der Waals surface area contributed by atoms with Gasteiger partial charge in [-0.2, -0.15) is 0 Å². The summed E-state index contributed by atoms with van der Waals surface area (Å²) in [6.45, 7) is 8.53. The molecule has 5 nitrogen and oxygen atoms in total. The molecule has 0 N–H and O–H groups in total. The van der Waals surface area contributed by atoms with Crippen LogP contribution in [0.3, 0.4) is 0 Å². The Labute approximate surface area is 172 Å². The lowest BCUT2D eigenvalue weighted by Gasteiger charge is -2.06. The Bertz CT molecular complexity index is 1110. The van der Waals surface area contributed by atoms with Crippen LogP contribution in [0.1, 0.15) is 17.0 Å². The quantitative estimate of drug-likeness (QED) is 0.287. The van der Waals surface area contributed by atoms with Crippen molar-refractivity contribution >= 4 is 23.1 Å². The van der Waals surface area contributed by atoms with E-state index in [1.165, 1.54) is 5.56 Å². The average Bonchev–Trinajstić information content (AvgIpc) is 3.40. The maximum atomic E-state index is 5.42. The molecule has 142 valence electrons. The highest BCUT2D eigenvalue weighted by Gasteiger charge is 2.17. The minimum Gasteiger partial charge on any atom is -0.469 e. The number of hydrogen-bond acceptors (Lipinski definition) is 6. The predicted molar refractivity (Wildman–Crippen MR) is 115 cm³/mol. The van der Waals surface area contributed by atoms with Crippen molar-refractivity contribution in [2.75, 3.05) is 0 Å². The number of hydrogen-bond donors (Lipinski definition) is 0. The number of aryl methyl sites for hydroxylation is 2. The second-order valence-corrected chi connectivity index (χ2v) is 8.20. The molecule has 0 atom stereocenters. The maximum Gasteiger partial charge on any atom is 0.192 e. The fourth-order valence-corrected chi connectivity index (χ4v) is 4.69. The molecule has 0 aliphatic rings. The first-order valence-corrected chi connectivity index (χ1v) is 10.7. The molecule has 7 heteroatoms. The Kier molecular flexibility index (Phi) is 5.45. The standard InChI is InChI=1S/C21H20N4OS2/c1-4-9-25-19(18-8-10-26-15(18)3)23-24-21(25)28-13-17-12-27-20(22-17)16-7-5-6-14(2)11-16/h4-8,10-12H,1,9,13H2,2-3H3. The summed E-state index contributed by atoms with van der Waals surface area (Å²) in [5.74, 6) is 2.37. The molecule has 4 aromatic rings. The SMILES string of the molecule is C=CCn1c(SCc2csc(-c3cccc(C)c3)n2)nnc1-c1ccoc1C. The van der Waals surface area contributed by atoms with Crippen molar-refractivity contribution in [2.45, 2.75) is 31.3 Å². The molecule has 3 aromatic heterocycles. The summed E-state index contributed by atoms with van der Waals surface area (Å²) in [5, 5.41) is 12.8. The molecule has 1 aromatic carbocycles. The van der Waals surface area contributed by atoms with Crippen molar-refractivity contribution in [1.82, 2.24) is 19.7 Å². The van der Waals surface area contributed by atoms with Crippen LogP contribution in [-0.2, 0) is 12.3 Å². The Morgan fingerprint density at radius 1 is 1.25 bits per heavy atom. The summed E-state index contributed by atoms with van der Waals surface area (Å²) in [7, 11) is 0. The molecule has 0 aliphatic heterocycles. The van der Waals surface area contributed by atoms with Gasteiger partial charge in [0.1, 0.15) is 10.8 Å². The van der Waals surface area contributed by atoms with E-state index in [2.05, 4.69) is 57.9 Å². The van der Waals surface area contributed by atoms with Crippen LogP contribution in [0.2, 0.25) is 0 Å². The maximum absolute atomic E-state index is 5.42. The van der Waals surface area contributed by atoms with Crippen LogP contribution >= 0.6 is 23.1 Å². The molecule has 3 heterocycles. The highest BCUT2D eigenvalue weighted by atomic mass is 32.2. The first kappa shape index (κ1) is 18.7. The number of benzene rings is 1. The van der Waals surface area contributed by atoms with E-state index >= 15 is 0 Å². The van der Waals surface area contributed by atoms with Crippen molar-refractivity contribution in [3.63, 3.8) is 0 Å². The molecular formula is C21H20N4OS2. The molecule has 0 saturated carbocycles. The van der Waals surface area contributed by atoms with E-state index in [9.17, 15) is 0 Å². The fraction of sp³-hybridized carbons (Fsp3) is 0.190. The van der Waals surface area contributed by atoms with Gasteiger partial charge in [-0.05, 0) is 26.0 Å². The number of allylic oxidation sites excluding steroid dienone is 1. The van der Waals surface area contributed by atoms with E-state index in [4.69, 9.17) is 9.40 Å². The number of thiazole rings is 1. The van der Waals surface area contributed by atoms with Gasteiger partial charge in [-0.25, -0.2) is 4.98 Å². The van der Waals surface area contributed by atoms with Gasteiger partial charge in [0.25, 0.3) is 0 Å². The lowest BCUT2D eigenvalue weighted by Crippen LogP contribution is -2.00. The first-order valence-electron chi connectivity index (χ1n) is 8.88. The molecule has 0 bridgehead atoms. The Hall–Kier alpha value is -2.64. The number of nitrogens with zero attached hydrogens (tertiary/aromatic N) is 4. The second kappa shape index (κ2) is 8.16. The third-order valence-corrected chi connectivity index (χ3v) is 6.23. The van der Waals surface area contributed by atoms with Crippen molar-refractivity contribution in [2.24, 2.45) is 0 Å². The number of aromatic nitrogens is 4. The molecule has 0 spiro atoms. The van der Waals surface area contributed by atoms with Gasteiger partial charge in [0, 0.05) is 23.2 Å². The highest BCUT2D eigenvalue weighted by Crippen LogP contribution is 2.30. The summed E-state index contributed by atoms with van der Waals surface area (Å²) in [6, 6.07) is 10.3. The number of furan rings is 1. The van der Waals surface area contributed by atoms with Gasteiger partial charge in [0.05, 0.1) is 17.5 Å². The Morgan fingerprint density at radius 2 is 2.14 bits per heavy atom. The van der Waals surface area contributed by atoms with Crippen molar-refractivity contribution < 1.29 is 4.42 Å². The van der Waals surface area contributed by atoms with E-state index in [0.29, 0.717) is 6.54 Å². The van der Waals surface area contributed by atoms with Gasteiger partial charge >= 0.3 is 0 Å². The first-order chi connectivity index (χ1) is 13.7. The predicted octanol–water partition coefficient (Wildman–Crippen LogP) is 5.76. The third-order valence-electron chi connectivity index (χ3n) is 4.29. The lowest BCUT2D eigenvalue weighted by atomic mass is 10.1. The van der Waals surface area contributed by atoms with E-state index in [1.54, 1.807) is 29.4 Å². The minimum atomic E-state index is 0.640. The van der Waals surface area contributed by atoms with Crippen molar-refractivity contribution in [1.29, 1.82) is 0 Å². The summed E-state index contributed by atoms with van der Waals surface area (Å²) < 4.78 is 7.48. The smallest absolute Gasteiger partial charge is 0.192 e. The minimum absolute atomic E-state index is 0.640. The second-order valence-electron chi connectivity index (χ2n) is 6.40.